The van der Waals surface area contributed by atoms with Gasteiger partial charge in [-0.05, 0) is 36.8 Å². The van der Waals surface area contributed by atoms with Crippen LogP contribution in [0, 0.1) is 6.92 Å². The van der Waals surface area contributed by atoms with Crippen molar-refractivity contribution in [3.8, 4) is 17.0 Å². The number of methoxy groups -OCH3 is 1. The maximum atomic E-state index is 5.98. The van der Waals surface area contributed by atoms with Gasteiger partial charge in [-0.2, -0.15) is 0 Å². The summed E-state index contributed by atoms with van der Waals surface area (Å²) in [6.07, 6.45) is 1.77. The molecule has 0 radical (unpaired) electrons. The maximum Gasteiger partial charge on any atom is 0.128 e. The van der Waals surface area contributed by atoms with Crippen LogP contribution >= 0.6 is 11.6 Å². The van der Waals surface area contributed by atoms with Gasteiger partial charge in [0.2, 0.25) is 0 Å². The van der Waals surface area contributed by atoms with E-state index < -0.39 is 0 Å². The molecule has 0 fully saturated rings. The average Bonchev–Trinajstić information content (AvgIpc) is 2.29. The smallest absolute Gasteiger partial charge is 0.128 e. The lowest BCUT2D eigenvalue weighted by Crippen LogP contribution is -1.96. The van der Waals surface area contributed by atoms with Crippen LogP contribution in [0.2, 0.25) is 5.02 Å². The second-order valence-electron chi connectivity index (χ2n) is 3.80. The topological polar surface area (TPSA) is 48.1 Å². The Balaban J connectivity index is 2.62. The van der Waals surface area contributed by atoms with Crippen LogP contribution in [0.4, 0.5) is 5.69 Å². The Morgan fingerprint density at radius 2 is 2.06 bits per heavy atom. The Bertz CT molecular complexity index is 555. The second-order valence-corrected chi connectivity index (χ2v) is 4.23. The number of aryl methyl sites for hydroxylation is 1. The second kappa shape index (κ2) is 4.63. The van der Waals surface area contributed by atoms with E-state index in [4.69, 9.17) is 22.1 Å². The number of ether oxygens (including phenoxy) is 1. The lowest BCUT2D eigenvalue weighted by atomic mass is 10.1. The van der Waals surface area contributed by atoms with Crippen LogP contribution in [0.25, 0.3) is 11.3 Å². The van der Waals surface area contributed by atoms with Crippen LogP contribution in [0.3, 0.4) is 0 Å². The van der Waals surface area contributed by atoms with E-state index in [0.29, 0.717) is 22.2 Å². The van der Waals surface area contributed by atoms with E-state index in [0.717, 1.165) is 11.1 Å². The van der Waals surface area contributed by atoms with Crippen molar-refractivity contribution in [2.75, 3.05) is 12.8 Å². The number of rotatable bonds is 2. The molecular weight excluding hydrogens is 236 g/mol. The minimum atomic E-state index is 0.616. The Kier molecular flexibility index (Phi) is 3.20. The molecule has 0 aliphatic carbocycles. The quantitative estimate of drug-likeness (QED) is 0.887. The van der Waals surface area contributed by atoms with Crippen LogP contribution < -0.4 is 10.5 Å². The minimum Gasteiger partial charge on any atom is -0.496 e. The highest BCUT2D eigenvalue weighted by Gasteiger charge is 2.11. The summed E-state index contributed by atoms with van der Waals surface area (Å²) < 4.78 is 5.29. The average molecular weight is 249 g/mol. The Morgan fingerprint density at radius 3 is 2.71 bits per heavy atom. The fraction of sp³-hybridized carbons (Fsp3) is 0.154. The number of benzene rings is 1. The molecular formula is C13H13ClN2O. The molecule has 0 spiro atoms. The van der Waals surface area contributed by atoms with Crippen molar-refractivity contribution in [1.29, 1.82) is 0 Å². The van der Waals surface area contributed by atoms with Gasteiger partial charge in [-0.25, -0.2) is 0 Å². The van der Waals surface area contributed by atoms with Gasteiger partial charge in [-0.3, -0.25) is 4.98 Å². The molecule has 0 atom stereocenters. The molecule has 2 N–H and O–H groups in total. The first-order valence-electron chi connectivity index (χ1n) is 5.18. The first kappa shape index (κ1) is 11.7. The third kappa shape index (κ3) is 2.34. The number of hydrogen-bond acceptors (Lipinski definition) is 3. The summed E-state index contributed by atoms with van der Waals surface area (Å²) in [7, 11) is 1.61. The van der Waals surface area contributed by atoms with E-state index in [1.807, 2.05) is 13.0 Å². The van der Waals surface area contributed by atoms with Crippen LogP contribution in [0.1, 0.15) is 5.56 Å². The van der Waals surface area contributed by atoms with Gasteiger partial charge in [0.25, 0.3) is 0 Å². The zero-order valence-electron chi connectivity index (χ0n) is 9.70. The molecule has 0 aliphatic rings. The van der Waals surface area contributed by atoms with Crippen molar-refractivity contribution in [2.45, 2.75) is 6.92 Å². The highest BCUT2D eigenvalue weighted by Crippen LogP contribution is 2.34. The number of halogens is 1. The molecule has 1 aromatic heterocycles. The van der Waals surface area contributed by atoms with E-state index in [1.54, 1.807) is 31.5 Å². The highest BCUT2D eigenvalue weighted by atomic mass is 35.5. The van der Waals surface area contributed by atoms with Crippen LogP contribution in [0.15, 0.2) is 30.5 Å². The molecule has 0 bridgehead atoms. The summed E-state index contributed by atoms with van der Waals surface area (Å²) in [5.41, 5.74) is 9.10. The van der Waals surface area contributed by atoms with Crippen LogP contribution in [-0.4, -0.2) is 12.1 Å². The monoisotopic (exact) mass is 248 g/mol. The molecule has 88 valence electrons. The summed E-state index contributed by atoms with van der Waals surface area (Å²) in [6, 6.07) is 7.25. The molecule has 1 heterocycles. The molecule has 3 nitrogen and oxygen atoms in total. The maximum absolute atomic E-state index is 5.98. The van der Waals surface area contributed by atoms with Crippen molar-refractivity contribution in [1.82, 2.24) is 4.98 Å². The molecule has 0 aliphatic heterocycles. The molecule has 17 heavy (non-hydrogen) atoms. The Morgan fingerprint density at radius 1 is 1.29 bits per heavy atom. The number of aromatic nitrogens is 1. The van der Waals surface area contributed by atoms with Gasteiger partial charge in [0, 0.05) is 16.8 Å². The number of nitrogens with two attached hydrogens (primary N) is 1. The van der Waals surface area contributed by atoms with Crippen molar-refractivity contribution >= 4 is 17.3 Å². The number of hydrogen-bond donors (Lipinski definition) is 1. The lowest BCUT2D eigenvalue weighted by molar-refractivity contribution is 0.416. The molecule has 2 rings (SSSR count). The number of anilines is 1. The van der Waals surface area contributed by atoms with Gasteiger partial charge in [-0.1, -0.05) is 11.6 Å². The van der Waals surface area contributed by atoms with Crippen LogP contribution in [0.5, 0.6) is 5.75 Å². The lowest BCUT2D eigenvalue weighted by Gasteiger charge is -2.10. The number of pyridine rings is 1. The van der Waals surface area contributed by atoms with Gasteiger partial charge in [-0.15, -0.1) is 0 Å². The summed E-state index contributed by atoms with van der Waals surface area (Å²) in [5, 5.41) is 0.627. The number of nitrogen functional groups attached to an aromatic ring is 1. The zero-order chi connectivity index (χ0) is 12.4. The van der Waals surface area contributed by atoms with Gasteiger partial charge in [0.05, 0.1) is 18.5 Å². The van der Waals surface area contributed by atoms with Gasteiger partial charge < -0.3 is 10.5 Å². The predicted molar refractivity (Wildman–Crippen MR) is 70.4 cm³/mol. The Labute approximate surface area is 105 Å². The van der Waals surface area contributed by atoms with Gasteiger partial charge in [0.1, 0.15) is 5.75 Å². The first-order chi connectivity index (χ1) is 8.11. The van der Waals surface area contributed by atoms with Crippen molar-refractivity contribution < 1.29 is 4.74 Å². The van der Waals surface area contributed by atoms with E-state index >= 15 is 0 Å². The largest absolute Gasteiger partial charge is 0.496 e. The molecule has 0 unspecified atom stereocenters. The fourth-order valence-corrected chi connectivity index (χ4v) is 1.85. The molecule has 0 amide bonds. The summed E-state index contributed by atoms with van der Waals surface area (Å²) >= 11 is 5.98. The molecule has 4 heteroatoms. The summed E-state index contributed by atoms with van der Waals surface area (Å²) in [4.78, 5) is 4.33. The minimum absolute atomic E-state index is 0.616. The molecule has 0 saturated heterocycles. The van der Waals surface area contributed by atoms with E-state index in [2.05, 4.69) is 4.98 Å². The van der Waals surface area contributed by atoms with Crippen LogP contribution in [-0.2, 0) is 0 Å². The van der Waals surface area contributed by atoms with E-state index in [-0.39, 0.29) is 0 Å². The van der Waals surface area contributed by atoms with Crippen molar-refractivity contribution in [3.63, 3.8) is 0 Å². The van der Waals surface area contributed by atoms with E-state index in [9.17, 15) is 0 Å². The summed E-state index contributed by atoms with van der Waals surface area (Å²) in [5.74, 6) is 0.706. The first-order valence-corrected chi connectivity index (χ1v) is 5.55. The highest BCUT2D eigenvalue weighted by molar-refractivity contribution is 6.31. The predicted octanol–water partition coefficient (Wildman–Crippen LogP) is 3.30. The molecule has 2 aromatic rings. The fourth-order valence-electron chi connectivity index (χ4n) is 1.68. The van der Waals surface area contributed by atoms with E-state index in [1.165, 1.54) is 0 Å². The van der Waals surface area contributed by atoms with Crippen molar-refractivity contribution in [3.05, 3.63) is 41.0 Å². The van der Waals surface area contributed by atoms with Gasteiger partial charge >= 0.3 is 0 Å². The Hall–Kier alpha value is -1.74. The number of nitrogens with zero attached hydrogens (tertiary/aromatic N) is 1. The normalized spacial score (nSPS) is 10.3. The summed E-state index contributed by atoms with van der Waals surface area (Å²) in [6.45, 7) is 1.95. The van der Waals surface area contributed by atoms with Crippen molar-refractivity contribution in [2.24, 2.45) is 0 Å². The third-order valence-electron chi connectivity index (χ3n) is 2.47. The zero-order valence-corrected chi connectivity index (χ0v) is 10.5. The third-order valence-corrected chi connectivity index (χ3v) is 2.71. The molecule has 0 saturated carbocycles. The molecule has 1 aromatic carbocycles. The standard InChI is InChI=1S/C13H13ClN2O/c1-8-5-11(15)13(16-7-8)10-6-9(14)3-4-12(10)17-2/h3-7H,15H2,1-2H3. The SMILES string of the molecule is COc1ccc(Cl)cc1-c1ncc(C)cc1N. The van der Waals surface area contributed by atoms with Gasteiger partial charge in [0.15, 0.2) is 0 Å².